The quantitative estimate of drug-likeness (QED) is 0.303. The van der Waals surface area contributed by atoms with Crippen molar-refractivity contribution in [3.8, 4) is 0 Å². The predicted molar refractivity (Wildman–Crippen MR) is 98.6 cm³/mol. The number of aliphatic hydroxyl groups excluding tert-OH is 1. The van der Waals surface area contributed by atoms with Crippen molar-refractivity contribution in [3.05, 3.63) is 33.4 Å². The van der Waals surface area contributed by atoms with Crippen LogP contribution in [0.4, 0.5) is 5.82 Å². The van der Waals surface area contributed by atoms with Gasteiger partial charge in [0.25, 0.3) is 0 Å². The molecule has 0 amide bonds. The van der Waals surface area contributed by atoms with Crippen molar-refractivity contribution < 1.29 is 44.9 Å². The number of aromatic nitrogens is 4. The van der Waals surface area contributed by atoms with Crippen LogP contribution in [0.5, 0.6) is 0 Å². The number of hydrogen-bond donors (Lipinski definition) is 4. The zero-order chi connectivity index (χ0) is 19.6. The Labute approximate surface area is 178 Å². The van der Waals surface area contributed by atoms with E-state index in [2.05, 4.69) is 35.7 Å². The Balaban J connectivity index is 0. The summed E-state index contributed by atoms with van der Waals surface area (Å²) >= 11 is 0. The summed E-state index contributed by atoms with van der Waals surface area (Å²) in [4.78, 5) is 12.0. The van der Waals surface area contributed by atoms with Crippen LogP contribution in [-0.4, -0.2) is 40.6 Å². The van der Waals surface area contributed by atoms with Crippen LogP contribution in [0, 0.1) is 26.7 Å². The number of aliphatic hydroxyl groups is 3. The van der Waals surface area contributed by atoms with Gasteiger partial charge in [-0.15, -0.1) is 0 Å². The molecule has 26 heavy (non-hydrogen) atoms. The van der Waals surface area contributed by atoms with Gasteiger partial charge in [0, 0.05) is 0 Å². The maximum Gasteiger partial charge on any atom is 1.00 e. The fourth-order valence-corrected chi connectivity index (χ4v) is 1.61. The third-order valence-electron chi connectivity index (χ3n) is 2.54. The minimum absolute atomic E-state index is 0. The van der Waals surface area contributed by atoms with E-state index >= 15 is 0 Å². The molecule has 9 heteroatoms. The van der Waals surface area contributed by atoms with Crippen molar-refractivity contribution in [2.24, 2.45) is 5.92 Å². The summed E-state index contributed by atoms with van der Waals surface area (Å²) in [5.41, 5.74) is 6.71. The molecule has 0 spiro atoms. The summed E-state index contributed by atoms with van der Waals surface area (Å²) in [6.07, 6.45) is 4.45. The van der Waals surface area contributed by atoms with Crippen LogP contribution in [-0.2, 0) is 0 Å². The minimum Gasteiger partial charge on any atom is -0.382 e. The molecule has 0 radical (unpaired) electrons. The Morgan fingerprint density at radius 1 is 1.19 bits per heavy atom. The first-order chi connectivity index (χ1) is 11.5. The molecule has 8 nitrogen and oxygen atoms in total. The van der Waals surface area contributed by atoms with Gasteiger partial charge in [-0.2, -0.15) is 6.42 Å². The van der Waals surface area contributed by atoms with Crippen LogP contribution in [0.2, 0.25) is 0 Å². The molecule has 0 aliphatic rings. The fourth-order valence-electron chi connectivity index (χ4n) is 1.61. The first kappa shape index (κ1) is 27.4. The van der Waals surface area contributed by atoms with E-state index in [1.54, 1.807) is 4.57 Å². The molecule has 144 valence electrons. The third kappa shape index (κ3) is 11.8. The number of anilines is 1. The van der Waals surface area contributed by atoms with Gasteiger partial charge in [-0.25, -0.2) is 15.0 Å². The minimum atomic E-state index is -1.50. The van der Waals surface area contributed by atoms with Crippen molar-refractivity contribution in [3.63, 3.8) is 0 Å². The maximum absolute atomic E-state index is 10.0. The summed E-state index contributed by atoms with van der Waals surface area (Å²) in [5.74, 6) is -1.13. The second-order valence-corrected chi connectivity index (χ2v) is 6.00. The largest absolute Gasteiger partial charge is 1.00 e. The van der Waals surface area contributed by atoms with Crippen LogP contribution in [0.25, 0.3) is 11.2 Å². The average Bonchev–Trinajstić information content (AvgIpc) is 2.89. The van der Waals surface area contributed by atoms with Crippen molar-refractivity contribution in [2.75, 3.05) is 5.73 Å². The summed E-state index contributed by atoms with van der Waals surface area (Å²) in [6.45, 7) is 15.6. The van der Waals surface area contributed by atoms with Crippen LogP contribution >= 0.6 is 0 Å². The van der Waals surface area contributed by atoms with Gasteiger partial charge in [-0.3, -0.25) is 4.57 Å². The van der Waals surface area contributed by atoms with E-state index in [1.807, 2.05) is 6.92 Å². The zero-order valence-electron chi connectivity index (χ0n) is 16.3. The molecule has 1 atom stereocenters. The van der Waals surface area contributed by atoms with E-state index in [1.165, 1.54) is 26.5 Å². The molecule has 0 fully saturated rings. The average molecular weight is 375 g/mol. The van der Waals surface area contributed by atoms with Crippen molar-refractivity contribution in [1.82, 2.24) is 19.5 Å². The summed E-state index contributed by atoms with van der Waals surface area (Å²) < 4.78 is 1.58. The van der Waals surface area contributed by atoms with Crippen LogP contribution < -0.4 is 35.3 Å². The van der Waals surface area contributed by atoms with Gasteiger partial charge in [0.05, 0.1) is 6.33 Å². The van der Waals surface area contributed by atoms with Crippen LogP contribution in [0.15, 0.2) is 12.7 Å². The first-order valence-electron chi connectivity index (χ1n) is 8.02. The molecule has 0 aliphatic heterocycles. The molecule has 0 aromatic carbocycles. The van der Waals surface area contributed by atoms with Crippen molar-refractivity contribution in [2.45, 2.75) is 52.0 Å². The zero-order valence-corrected chi connectivity index (χ0v) is 18.3. The van der Waals surface area contributed by atoms with Gasteiger partial charge in [-0.1, -0.05) is 13.3 Å². The first-order valence-corrected chi connectivity index (χ1v) is 8.02. The number of imidazole rings is 1. The Morgan fingerprint density at radius 3 is 2.15 bits per heavy atom. The van der Waals surface area contributed by atoms with Gasteiger partial charge in [0.1, 0.15) is 18.1 Å². The summed E-state index contributed by atoms with van der Waals surface area (Å²) in [5, 5.41) is 26.2. The van der Waals surface area contributed by atoms with E-state index < -0.39 is 12.0 Å². The fraction of sp³-hybridized carbons (Fsp3) is 0.529. The molecule has 2 rings (SSSR count). The smallest absolute Gasteiger partial charge is 0.382 e. The number of nitrogens with two attached hydrogens (primary N) is 1. The van der Waals surface area contributed by atoms with Gasteiger partial charge in [0.15, 0.2) is 17.3 Å². The molecule has 1 unspecified atom stereocenters. The van der Waals surface area contributed by atoms with Crippen molar-refractivity contribution >= 4 is 17.0 Å². The van der Waals surface area contributed by atoms with Gasteiger partial charge in [0.2, 0.25) is 0 Å². The number of rotatable bonds is 4. The van der Waals surface area contributed by atoms with E-state index in [9.17, 15) is 5.11 Å². The topological polar surface area (TPSA) is 130 Å². The Morgan fingerprint density at radius 2 is 1.69 bits per heavy atom. The second-order valence-electron chi connectivity index (χ2n) is 6.00. The molecule has 2 heterocycles. The van der Waals surface area contributed by atoms with Gasteiger partial charge >= 0.3 is 29.6 Å². The number of nitrogen functional groups attached to an aromatic ring is 1. The molecular weight excluding hydrogens is 345 g/mol. The molecule has 0 saturated carbocycles. The van der Waals surface area contributed by atoms with E-state index in [4.69, 9.17) is 15.9 Å². The maximum atomic E-state index is 10.0. The molecule has 2 aromatic rings. The van der Waals surface area contributed by atoms with Crippen LogP contribution in [0.1, 0.15) is 46.3 Å². The number of hydrogen-bond acceptors (Lipinski definition) is 7. The van der Waals surface area contributed by atoms with E-state index in [-0.39, 0.29) is 35.5 Å². The standard InChI is InChI=1S/C11H15N5O.C3H8O2.C3H7.Na/c1-7(2)3-4-8(17)16-6-15-9-10(12)13-5-14-11(9)16;1-3(2,4)5;1-3-2;/h5-8,17H,1-4H2,(H2,12,13,14);4-5H,1-2H3;1,3H2,2H3;/q-2;;-1;+1. The molecule has 0 bridgehead atoms. The Hall–Kier alpha value is -0.770. The van der Waals surface area contributed by atoms with Gasteiger partial charge in [-0.05, 0) is 20.3 Å². The number of nitrogens with zero attached hydrogens (tertiary/aromatic N) is 4. The molecule has 0 aliphatic carbocycles. The normalized spacial score (nSPS) is 11.8. The van der Waals surface area contributed by atoms with E-state index in [0.717, 1.165) is 12.8 Å². The molecular formula is C17H30N5NaO3-2. The SMILES string of the molecule is CC(C)(O)O.[CH2-]C([CH2-])CCC(O)n1cnc2c(N)ncnc21.[CH2-]CC.[Na+]. The van der Waals surface area contributed by atoms with Crippen molar-refractivity contribution in [1.29, 1.82) is 0 Å². The Bertz CT molecular complexity index is 608. The molecule has 2 aromatic heterocycles. The third-order valence-corrected chi connectivity index (χ3v) is 2.54. The van der Waals surface area contributed by atoms with Crippen LogP contribution in [0.3, 0.4) is 0 Å². The molecule has 0 saturated heterocycles. The number of fused-ring (bicyclic) bond motifs is 1. The Kier molecular flexibility index (Phi) is 14.2. The monoisotopic (exact) mass is 375 g/mol. The summed E-state index contributed by atoms with van der Waals surface area (Å²) in [7, 11) is 0. The summed E-state index contributed by atoms with van der Waals surface area (Å²) in [6, 6.07) is 0. The van der Waals surface area contributed by atoms with Gasteiger partial charge < -0.3 is 47.7 Å². The predicted octanol–water partition coefficient (Wildman–Crippen LogP) is -1.09. The molecule has 5 N–H and O–H groups in total. The van der Waals surface area contributed by atoms with E-state index in [0.29, 0.717) is 23.4 Å². The second kappa shape index (κ2) is 13.4.